The van der Waals surface area contributed by atoms with Crippen molar-refractivity contribution in [1.29, 1.82) is 0 Å². The molecule has 1 aromatic rings. The number of rotatable bonds is 3. The normalized spacial score (nSPS) is 10.0. The summed E-state index contributed by atoms with van der Waals surface area (Å²) in [4.78, 5) is 11.3. The first kappa shape index (κ1) is 10.0. The van der Waals surface area contributed by atoms with Gasteiger partial charge in [-0.15, -0.1) is 11.3 Å². The molecule has 0 aliphatic heterocycles. The van der Waals surface area contributed by atoms with Crippen LogP contribution in [0.5, 0.6) is 0 Å². The molecule has 0 amide bonds. The average Bonchev–Trinajstić information content (AvgIpc) is 2.50. The Hall–Kier alpha value is -1.08. The van der Waals surface area contributed by atoms with Gasteiger partial charge in [-0.25, -0.2) is 13.2 Å². The second-order valence-electron chi connectivity index (χ2n) is 2.02. The molecule has 1 heterocycles. The summed E-state index contributed by atoms with van der Waals surface area (Å²) in [5, 5.41) is 1.60. The van der Waals surface area contributed by atoms with E-state index in [0.29, 0.717) is 0 Å². The fourth-order valence-electron chi connectivity index (χ4n) is 0.746. The number of ether oxygens (including phenoxy) is 1. The molecule has 1 aromatic heterocycles. The third-order valence-electron chi connectivity index (χ3n) is 1.25. The summed E-state index contributed by atoms with van der Waals surface area (Å²) in [6, 6.07) is 1.50. The minimum atomic E-state index is -2.75. The van der Waals surface area contributed by atoms with Crippen molar-refractivity contribution in [3.05, 3.63) is 16.3 Å². The molecule has 1 rings (SSSR count). The molecule has 0 fully saturated rings. The molecule has 0 atom stereocenters. The minimum Gasteiger partial charge on any atom is -0.465 e. The lowest BCUT2D eigenvalue weighted by atomic mass is 10.4. The zero-order valence-corrected chi connectivity index (χ0v) is 8.35. The molecule has 0 aromatic carbocycles. The lowest BCUT2D eigenvalue weighted by molar-refractivity contribution is 0.0607. The van der Waals surface area contributed by atoms with Crippen molar-refractivity contribution in [3.63, 3.8) is 0 Å². The molecule has 7 heteroatoms. The standard InChI is InChI=1S/C6H7NO4S2/c1-11-6(8)5-4(2-3-12-5)7-13(9)10/h2-3,13H,1H3,(H,7,9,10). The number of esters is 1. The van der Waals surface area contributed by atoms with E-state index in [1.807, 2.05) is 0 Å². The van der Waals surface area contributed by atoms with E-state index < -0.39 is 16.9 Å². The molecule has 0 spiro atoms. The third-order valence-corrected chi connectivity index (χ3v) is 2.57. The number of hydrogen-bond acceptors (Lipinski definition) is 5. The number of carbonyl (C=O) groups excluding carboxylic acids is 1. The topological polar surface area (TPSA) is 72.5 Å². The first-order chi connectivity index (χ1) is 6.15. The van der Waals surface area contributed by atoms with Crippen LogP contribution in [0.15, 0.2) is 11.4 Å². The van der Waals surface area contributed by atoms with Crippen molar-refractivity contribution in [2.75, 3.05) is 11.8 Å². The number of methoxy groups -OCH3 is 1. The lowest BCUT2D eigenvalue weighted by Gasteiger charge is -1.98. The number of hydrogen-bond donors (Lipinski definition) is 2. The van der Waals surface area contributed by atoms with Crippen LogP contribution in [0.25, 0.3) is 0 Å². The van der Waals surface area contributed by atoms with Crippen molar-refractivity contribution in [3.8, 4) is 0 Å². The maximum absolute atomic E-state index is 11.0. The zero-order valence-electron chi connectivity index (χ0n) is 6.64. The fourth-order valence-corrected chi connectivity index (χ4v) is 1.97. The SMILES string of the molecule is COC(=O)c1sccc1N[SH](=O)=O. The van der Waals surface area contributed by atoms with Gasteiger partial charge in [-0.2, -0.15) is 0 Å². The Bertz CT molecular complexity index is 374. The summed E-state index contributed by atoms with van der Waals surface area (Å²) >= 11 is 1.12. The summed E-state index contributed by atoms with van der Waals surface area (Å²) in [6.45, 7) is 0. The second kappa shape index (κ2) is 4.24. The number of thiol groups is 1. The van der Waals surface area contributed by atoms with E-state index in [2.05, 4.69) is 9.46 Å². The monoisotopic (exact) mass is 221 g/mol. The van der Waals surface area contributed by atoms with Gasteiger partial charge >= 0.3 is 5.97 Å². The van der Waals surface area contributed by atoms with Crippen molar-refractivity contribution < 1.29 is 17.9 Å². The molecule has 0 unspecified atom stereocenters. The molecule has 0 bridgehead atoms. The van der Waals surface area contributed by atoms with Crippen LogP contribution in [0, 0.1) is 0 Å². The highest BCUT2D eigenvalue weighted by Crippen LogP contribution is 2.22. The number of nitrogens with one attached hydrogen (secondary N) is 1. The summed E-state index contributed by atoms with van der Waals surface area (Å²) in [5.41, 5.74) is 0.257. The van der Waals surface area contributed by atoms with Gasteiger partial charge in [0.25, 0.3) is 0 Å². The summed E-state index contributed by atoms with van der Waals surface area (Å²) in [5.74, 6) is -0.547. The zero-order chi connectivity index (χ0) is 9.84. The first-order valence-electron chi connectivity index (χ1n) is 3.22. The molecule has 0 aliphatic rings. The van der Waals surface area contributed by atoms with Crippen LogP contribution >= 0.6 is 11.3 Å². The minimum absolute atomic E-state index is 0.252. The van der Waals surface area contributed by atoms with Gasteiger partial charge in [-0.1, -0.05) is 0 Å². The Labute approximate surface area is 80.4 Å². The maximum atomic E-state index is 11.0. The van der Waals surface area contributed by atoms with Gasteiger partial charge in [0.15, 0.2) is 0 Å². The van der Waals surface area contributed by atoms with Crippen molar-refractivity contribution in [2.45, 2.75) is 0 Å². The van der Waals surface area contributed by atoms with Crippen LogP contribution in [0.3, 0.4) is 0 Å². The summed E-state index contributed by atoms with van der Waals surface area (Å²) in [6.07, 6.45) is 0. The maximum Gasteiger partial charge on any atom is 0.350 e. The molecular weight excluding hydrogens is 214 g/mol. The smallest absolute Gasteiger partial charge is 0.350 e. The Balaban J connectivity index is 2.95. The largest absolute Gasteiger partial charge is 0.465 e. The van der Waals surface area contributed by atoms with Gasteiger partial charge in [0.05, 0.1) is 12.8 Å². The Morgan fingerprint density at radius 1 is 1.62 bits per heavy atom. The predicted molar refractivity (Wildman–Crippen MR) is 49.6 cm³/mol. The Kier molecular flexibility index (Phi) is 3.26. The van der Waals surface area contributed by atoms with Gasteiger partial charge in [0.1, 0.15) is 4.88 Å². The van der Waals surface area contributed by atoms with E-state index in [4.69, 9.17) is 0 Å². The van der Waals surface area contributed by atoms with Gasteiger partial charge in [-0.3, -0.25) is 4.72 Å². The van der Waals surface area contributed by atoms with Crippen LogP contribution in [0.4, 0.5) is 5.69 Å². The predicted octanol–water partition coefficient (Wildman–Crippen LogP) is 0.473. The highest BCUT2D eigenvalue weighted by atomic mass is 32.2. The van der Waals surface area contributed by atoms with E-state index in [0.717, 1.165) is 11.3 Å². The van der Waals surface area contributed by atoms with Gasteiger partial charge in [-0.05, 0) is 11.4 Å². The average molecular weight is 221 g/mol. The number of anilines is 1. The molecule has 0 radical (unpaired) electrons. The highest BCUT2D eigenvalue weighted by molar-refractivity contribution is 7.73. The molecule has 5 nitrogen and oxygen atoms in total. The van der Waals surface area contributed by atoms with E-state index >= 15 is 0 Å². The number of carbonyl (C=O) groups is 1. The Morgan fingerprint density at radius 3 is 2.85 bits per heavy atom. The fraction of sp³-hybridized carbons (Fsp3) is 0.167. The van der Waals surface area contributed by atoms with Crippen LogP contribution in [-0.2, 0) is 15.6 Å². The van der Waals surface area contributed by atoms with Crippen molar-refractivity contribution >= 4 is 33.9 Å². The molecule has 0 saturated carbocycles. The second-order valence-corrected chi connectivity index (χ2v) is 3.68. The van der Waals surface area contributed by atoms with Gasteiger partial charge < -0.3 is 4.74 Å². The quantitative estimate of drug-likeness (QED) is 0.575. The first-order valence-corrected chi connectivity index (χ1v) is 5.27. The van der Waals surface area contributed by atoms with Crippen LogP contribution in [-0.4, -0.2) is 21.5 Å². The third kappa shape index (κ3) is 2.43. The molecule has 0 saturated heterocycles. The van der Waals surface area contributed by atoms with Crippen molar-refractivity contribution in [1.82, 2.24) is 0 Å². The Morgan fingerprint density at radius 2 is 2.31 bits per heavy atom. The molecule has 72 valence electrons. The van der Waals surface area contributed by atoms with E-state index in [-0.39, 0.29) is 10.6 Å². The van der Waals surface area contributed by atoms with E-state index in [1.54, 1.807) is 5.38 Å². The van der Waals surface area contributed by atoms with E-state index in [9.17, 15) is 13.2 Å². The van der Waals surface area contributed by atoms with E-state index in [1.165, 1.54) is 13.2 Å². The lowest BCUT2D eigenvalue weighted by Crippen LogP contribution is -2.03. The summed E-state index contributed by atoms with van der Waals surface area (Å²) < 4.78 is 27.2. The van der Waals surface area contributed by atoms with Crippen molar-refractivity contribution in [2.24, 2.45) is 0 Å². The van der Waals surface area contributed by atoms with Crippen LogP contribution in [0.2, 0.25) is 0 Å². The summed E-state index contributed by atoms with van der Waals surface area (Å²) in [7, 11) is -1.51. The highest BCUT2D eigenvalue weighted by Gasteiger charge is 2.13. The van der Waals surface area contributed by atoms with Crippen LogP contribution in [0.1, 0.15) is 9.67 Å². The van der Waals surface area contributed by atoms with Crippen LogP contribution < -0.4 is 4.72 Å². The molecule has 0 aliphatic carbocycles. The van der Waals surface area contributed by atoms with Gasteiger partial charge in [0, 0.05) is 0 Å². The number of thiophene rings is 1. The molecule has 1 N–H and O–H groups in total. The van der Waals surface area contributed by atoms with Gasteiger partial charge in [0.2, 0.25) is 10.9 Å². The molecule has 13 heavy (non-hydrogen) atoms. The molecular formula is C6H7NO4S2.